The summed E-state index contributed by atoms with van der Waals surface area (Å²) >= 11 is 0. The number of phenols is 1. The van der Waals surface area contributed by atoms with Gasteiger partial charge < -0.3 is 53.1 Å². The molecule has 2 rings (SSSR count). The average molecular weight is 815 g/mol. The maximum Gasteiger partial charge on any atom is 0.311 e. The fourth-order valence-corrected chi connectivity index (χ4v) is 4.61. The fraction of sp³-hybridized carbons (Fsp3) is 0.500. The number of nitrogens with one attached hydrogen (secondary N) is 1. The molecule has 0 unspecified atom stereocenters. The normalized spacial score (nSPS) is 11.1. The first-order valence-corrected chi connectivity index (χ1v) is 18.7. The van der Waals surface area contributed by atoms with Crippen LogP contribution in [0.4, 0.5) is 0 Å². The van der Waals surface area contributed by atoms with E-state index in [1.807, 2.05) is 0 Å². The van der Waals surface area contributed by atoms with Gasteiger partial charge in [0.25, 0.3) is 0 Å². The number of azide groups is 1. The van der Waals surface area contributed by atoms with Gasteiger partial charge in [0.2, 0.25) is 5.91 Å². The van der Waals surface area contributed by atoms with Crippen LogP contribution in [0.2, 0.25) is 0 Å². The summed E-state index contributed by atoms with van der Waals surface area (Å²) in [5, 5.41) is 15.8. The molecule has 0 spiro atoms. The number of allylic oxidation sites excluding steroid dienone is 2. The summed E-state index contributed by atoms with van der Waals surface area (Å²) in [6.45, 7) is 5.51. The molecule has 0 aliphatic rings. The number of carbonyl (C=O) groups excluding carboxylic acids is 4. The van der Waals surface area contributed by atoms with Crippen molar-refractivity contribution in [2.45, 2.75) is 25.7 Å². The minimum atomic E-state index is -0.537. The number of hydrogen-bond acceptors (Lipinski definition) is 15. The lowest BCUT2D eigenvalue weighted by molar-refractivity contribution is -0.134. The van der Waals surface area contributed by atoms with E-state index in [1.165, 1.54) is 50.7 Å². The highest BCUT2D eigenvalue weighted by atomic mass is 16.6. The first-order chi connectivity index (χ1) is 28.2. The summed E-state index contributed by atoms with van der Waals surface area (Å²) in [6.07, 6.45) is 5.69. The van der Waals surface area contributed by atoms with Gasteiger partial charge in [0.05, 0.1) is 99.9 Å². The van der Waals surface area contributed by atoms with Crippen molar-refractivity contribution in [1.82, 2.24) is 5.32 Å². The van der Waals surface area contributed by atoms with Crippen molar-refractivity contribution in [3.05, 3.63) is 70.1 Å². The largest absolute Gasteiger partial charge is 0.504 e. The van der Waals surface area contributed by atoms with E-state index in [2.05, 4.69) is 15.3 Å². The Labute approximate surface area is 337 Å². The van der Waals surface area contributed by atoms with Gasteiger partial charge in [-0.25, -0.2) is 0 Å². The summed E-state index contributed by atoms with van der Waals surface area (Å²) < 4.78 is 48.1. The second kappa shape index (κ2) is 31.7. The highest BCUT2D eigenvalue weighted by Crippen LogP contribution is 2.29. The molecule has 0 aromatic heterocycles. The van der Waals surface area contributed by atoms with Gasteiger partial charge in [-0.1, -0.05) is 29.4 Å². The number of hydrogen-bond donors (Lipinski definition) is 2. The SMILES string of the molecule is COc1cc(/C=C/C(=O)CC(=O)/C=C/c2ccc(OC(=O)CCCC(=O)NCCOCCOCCOCCOCCOCCOCCN=[N+]=[N-])c(OC)c2)ccc1O. The Bertz CT molecular complexity index is 1650. The molecular formula is C40H54N4O14. The average Bonchev–Trinajstić information content (AvgIpc) is 3.21. The standard InChI is InChI=1S/C40H54N4O14/c1-50-37-28-31(8-12-35(37)47)6-10-33(45)30-34(46)11-7-32-9-13-36(38(29-32)51-2)58-40(49)5-3-4-39(48)42-14-16-52-18-20-54-22-24-56-26-27-57-25-23-55-21-19-53-17-15-43-44-41/h6-13,28-29,47H,3-5,14-27,30H2,1-2H3,(H,42,48)/b10-6+,11-7+. The maximum absolute atomic E-state index is 12.4. The molecule has 318 valence electrons. The predicted molar refractivity (Wildman–Crippen MR) is 212 cm³/mol. The third-order valence-electron chi connectivity index (χ3n) is 7.50. The molecule has 0 heterocycles. The summed E-state index contributed by atoms with van der Waals surface area (Å²) in [7, 11) is 2.83. The molecule has 0 fully saturated rings. The number of rotatable bonds is 34. The Kier molecular flexibility index (Phi) is 26.7. The number of aromatic hydroxyl groups is 1. The van der Waals surface area contributed by atoms with Gasteiger partial charge in [-0.2, -0.15) is 0 Å². The molecule has 58 heavy (non-hydrogen) atoms. The van der Waals surface area contributed by atoms with Crippen LogP contribution >= 0.6 is 0 Å². The van der Waals surface area contributed by atoms with Crippen molar-refractivity contribution in [2.75, 3.05) is 107 Å². The lowest BCUT2D eigenvalue weighted by Gasteiger charge is -2.10. The molecule has 18 nitrogen and oxygen atoms in total. The Hall–Kier alpha value is -5.33. The zero-order valence-corrected chi connectivity index (χ0v) is 33.1. The molecule has 0 aliphatic carbocycles. The van der Waals surface area contributed by atoms with Crippen LogP contribution < -0.4 is 19.5 Å². The quantitative estimate of drug-likeness (QED) is 0.0147. The van der Waals surface area contributed by atoms with E-state index in [1.54, 1.807) is 24.3 Å². The molecule has 2 aromatic carbocycles. The van der Waals surface area contributed by atoms with Gasteiger partial charge in [-0.15, -0.1) is 0 Å². The molecule has 18 heteroatoms. The Morgan fingerprint density at radius 2 is 1.17 bits per heavy atom. The first kappa shape index (κ1) is 48.8. The molecule has 0 atom stereocenters. The predicted octanol–water partition coefficient (Wildman–Crippen LogP) is 4.27. The number of phenolic OH excluding ortho intramolecular Hbond substituents is 1. The topological polar surface area (TPSA) is 232 Å². The minimum absolute atomic E-state index is 0.00905. The van der Waals surface area contributed by atoms with Gasteiger partial charge in [-0.3, -0.25) is 19.2 Å². The third-order valence-corrected chi connectivity index (χ3v) is 7.50. The number of ketones is 2. The Balaban J connectivity index is 1.48. The molecule has 0 saturated heterocycles. The molecule has 1 amide bonds. The number of amides is 1. The van der Waals surface area contributed by atoms with Gasteiger partial charge in [0, 0.05) is 30.8 Å². The van der Waals surface area contributed by atoms with Gasteiger partial charge in [0.1, 0.15) is 0 Å². The van der Waals surface area contributed by atoms with Crippen LogP contribution in [0.3, 0.4) is 0 Å². The zero-order valence-electron chi connectivity index (χ0n) is 33.1. The monoisotopic (exact) mass is 814 g/mol. The number of methoxy groups -OCH3 is 2. The van der Waals surface area contributed by atoms with Crippen molar-refractivity contribution in [3.63, 3.8) is 0 Å². The van der Waals surface area contributed by atoms with E-state index in [9.17, 15) is 24.3 Å². The smallest absolute Gasteiger partial charge is 0.311 e. The third kappa shape index (κ3) is 23.7. The van der Waals surface area contributed by atoms with Gasteiger partial charge in [0.15, 0.2) is 34.6 Å². The molecule has 0 radical (unpaired) electrons. The molecular weight excluding hydrogens is 760 g/mol. The van der Waals surface area contributed by atoms with Crippen molar-refractivity contribution < 1.29 is 66.9 Å². The maximum atomic E-state index is 12.4. The van der Waals surface area contributed by atoms with Crippen molar-refractivity contribution in [3.8, 4) is 23.0 Å². The van der Waals surface area contributed by atoms with Gasteiger partial charge >= 0.3 is 5.97 Å². The zero-order chi connectivity index (χ0) is 42.1. The Morgan fingerprint density at radius 1 is 0.672 bits per heavy atom. The summed E-state index contributed by atoms with van der Waals surface area (Å²) in [5.41, 5.74) is 9.37. The van der Waals surface area contributed by atoms with Crippen molar-refractivity contribution in [2.24, 2.45) is 5.11 Å². The summed E-state index contributed by atoms with van der Waals surface area (Å²) in [5.74, 6) is -0.869. The van der Waals surface area contributed by atoms with Crippen molar-refractivity contribution in [1.29, 1.82) is 0 Å². The van der Waals surface area contributed by atoms with Gasteiger partial charge in [-0.05, 0) is 59.5 Å². The van der Waals surface area contributed by atoms with E-state index in [4.69, 9.17) is 48.2 Å². The van der Waals surface area contributed by atoms with E-state index in [0.29, 0.717) is 103 Å². The number of carbonyl (C=O) groups is 4. The van der Waals surface area contributed by atoms with Crippen LogP contribution in [0.1, 0.15) is 36.8 Å². The van der Waals surface area contributed by atoms with Crippen LogP contribution in [0, 0.1) is 0 Å². The number of nitrogens with zero attached hydrogens (tertiary/aromatic N) is 3. The highest BCUT2D eigenvalue weighted by molar-refractivity contribution is 6.10. The van der Waals surface area contributed by atoms with Crippen LogP contribution in [0.15, 0.2) is 53.7 Å². The van der Waals surface area contributed by atoms with Crippen LogP contribution in [-0.2, 0) is 47.6 Å². The number of esters is 1. The van der Waals surface area contributed by atoms with E-state index < -0.39 is 17.5 Å². The number of ether oxygens (including phenoxy) is 9. The summed E-state index contributed by atoms with van der Waals surface area (Å²) in [4.78, 5) is 51.8. The lowest BCUT2D eigenvalue weighted by atomic mass is 10.1. The summed E-state index contributed by atoms with van der Waals surface area (Å²) in [6, 6.07) is 9.36. The molecule has 0 bridgehead atoms. The fourth-order valence-electron chi connectivity index (χ4n) is 4.61. The molecule has 0 saturated carbocycles. The highest BCUT2D eigenvalue weighted by Gasteiger charge is 2.12. The van der Waals surface area contributed by atoms with Crippen LogP contribution in [0.25, 0.3) is 22.6 Å². The molecule has 2 aromatic rings. The molecule has 2 N–H and O–H groups in total. The Morgan fingerprint density at radius 3 is 1.71 bits per heavy atom. The lowest BCUT2D eigenvalue weighted by Crippen LogP contribution is -2.27. The van der Waals surface area contributed by atoms with E-state index >= 15 is 0 Å². The van der Waals surface area contributed by atoms with Crippen LogP contribution in [-0.4, -0.2) is 135 Å². The molecule has 0 aliphatic heterocycles. The van der Waals surface area contributed by atoms with Crippen molar-refractivity contribution >= 4 is 35.6 Å². The first-order valence-electron chi connectivity index (χ1n) is 18.7. The second-order valence-electron chi connectivity index (χ2n) is 11.9. The second-order valence-corrected chi connectivity index (χ2v) is 11.9. The minimum Gasteiger partial charge on any atom is -0.504 e. The van der Waals surface area contributed by atoms with E-state index in [0.717, 1.165) is 0 Å². The number of benzene rings is 2. The van der Waals surface area contributed by atoms with E-state index in [-0.39, 0.29) is 54.6 Å². The van der Waals surface area contributed by atoms with Crippen LogP contribution in [0.5, 0.6) is 23.0 Å².